The standard InChI is InChI=1S/C18H26N2O3/c1-18(2,13-8-10-14(23-3)11-9-13)12-19-17(22)15-6-4-5-7-16(21)20-15/h8-11,15H,4-7,12H2,1-3H3,(H,19,22)(H,20,21). The molecule has 1 atom stereocenters. The van der Waals surface area contributed by atoms with Crippen molar-refractivity contribution in [2.75, 3.05) is 13.7 Å². The second-order valence-electron chi connectivity index (χ2n) is 6.70. The maximum atomic E-state index is 12.3. The first-order valence-electron chi connectivity index (χ1n) is 8.14. The second-order valence-corrected chi connectivity index (χ2v) is 6.70. The van der Waals surface area contributed by atoms with Crippen molar-refractivity contribution in [3.63, 3.8) is 0 Å². The van der Waals surface area contributed by atoms with E-state index in [-0.39, 0.29) is 17.2 Å². The largest absolute Gasteiger partial charge is 0.497 e. The van der Waals surface area contributed by atoms with Crippen molar-refractivity contribution in [2.45, 2.75) is 51.0 Å². The topological polar surface area (TPSA) is 67.4 Å². The third kappa shape index (κ3) is 4.71. The van der Waals surface area contributed by atoms with Gasteiger partial charge in [0.1, 0.15) is 11.8 Å². The minimum atomic E-state index is -0.406. The first kappa shape index (κ1) is 17.3. The van der Waals surface area contributed by atoms with Gasteiger partial charge in [-0.05, 0) is 30.5 Å². The number of carbonyl (C=O) groups is 2. The molecular formula is C18H26N2O3. The van der Waals surface area contributed by atoms with Crippen molar-refractivity contribution in [1.82, 2.24) is 10.6 Å². The van der Waals surface area contributed by atoms with E-state index >= 15 is 0 Å². The molecule has 5 heteroatoms. The third-order valence-corrected chi connectivity index (χ3v) is 4.37. The highest BCUT2D eigenvalue weighted by atomic mass is 16.5. The van der Waals surface area contributed by atoms with Crippen molar-refractivity contribution < 1.29 is 14.3 Å². The highest BCUT2D eigenvalue weighted by Crippen LogP contribution is 2.24. The van der Waals surface area contributed by atoms with E-state index in [2.05, 4.69) is 24.5 Å². The normalized spacial score (nSPS) is 18.7. The summed E-state index contributed by atoms with van der Waals surface area (Å²) in [6.07, 6.45) is 2.98. The zero-order valence-corrected chi connectivity index (χ0v) is 14.1. The van der Waals surface area contributed by atoms with Crippen LogP contribution in [0, 0.1) is 0 Å². The Labute approximate surface area is 137 Å². The number of hydrogen-bond donors (Lipinski definition) is 2. The van der Waals surface area contributed by atoms with Gasteiger partial charge in [0.15, 0.2) is 0 Å². The number of rotatable bonds is 5. The van der Waals surface area contributed by atoms with Gasteiger partial charge in [-0.2, -0.15) is 0 Å². The molecule has 2 N–H and O–H groups in total. The van der Waals surface area contributed by atoms with Crippen molar-refractivity contribution >= 4 is 11.8 Å². The Morgan fingerprint density at radius 3 is 2.65 bits per heavy atom. The fourth-order valence-corrected chi connectivity index (χ4v) is 2.74. The third-order valence-electron chi connectivity index (χ3n) is 4.37. The molecule has 1 aliphatic heterocycles. The molecule has 1 heterocycles. The Kier molecular flexibility index (Phi) is 5.64. The smallest absolute Gasteiger partial charge is 0.242 e. The second kappa shape index (κ2) is 7.49. The van der Waals surface area contributed by atoms with Gasteiger partial charge in [0.05, 0.1) is 7.11 Å². The molecule has 0 aliphatic carbocycles. The van der Waals surface area contributed by atoms with E-state index < -0.39 is 6.04 Å². The van der Waals surface area contributed by atoms with Gasteiger partial charge in [-0.3, -0.25) is 9.59 Å². The van der Waals surface area contributed by atoms with Gasteiger partial charge in [0, 0.05) is 18.4 Å². The molecule has 2 amide bonds. The number of carbonyl (C=O) groups excluding carboxylic acids is 2. The fourth-order valence-electron chi connectivity index (χ4n) is 2.74. The van der Waals surface area contributed by atoms with Crippen molar-refractivity contribution in [3.8, 4) is 5.75 Å². The molecule has 0 spiro atoms. The zero-order chi connectivity index (χ0) is 16.9. The molecule has 1 aromatic rings. The zero-order valence-electron chi connectivity index (χ0n) is 14.1. The first-order valence-corrected chi connectivity index (χ1v) is 8.14. The lowest BCUT2D eigenvalue weighted by atomic mass is 9.84. The van der Waals surface area contributed by atoms with Crippen LogP contribution < -0.4 is 15.4 Å². The SMILES string of the molecule is COc1ccc(C(C)(C)CNC(=O)C2CCCCC(=O)N2)cc1. The summed E-state index contributed by atoms with van der Waals surface area (Å²) in [5.74, 6) is 0.689. The monoisotopic (exact) mass is 318 g/mol. The molecule has 1 aliphatic rings. The number of amides is 2. The minimum absolute atomic E-state index is 0.0305. The highest BCUT2D eigenvalue weighted by molar-refractivity contribution is 5.87. The van der Waals surface area contributed by atoms with E-state index in [0.29, 0.717) is 19.4 Å². The van der Waals surface area contributed by atoms with E-state index in [1.54, 1.807) is 7.11 Å². The number of methoxy groups -OCH3 is 1. The van der Waals surface area contributed by atoms with Crippen LogP contribution in [0.5, 0.6) is 5.75 Å². The van der Waals surface area contributed by atoms with Crippen LogP contribution in [0.2, 0.25) is 0 Å². The van der Waals surface area contributed by atoms with Crippen LogP contribution in [0.3, 0.4) is 0 Å². The van der Waals surface area contributed by atoms with E-state index in [4.69, 9.17) is 4.74 Å². The average Bonchev–Trinajstić information content (AvgIpc) is 2.77. The lowest BCUT2D eigenvalue weighted by Gasteiger charge is -2.27. The summed E-state index contributed by atoms with van der Waals surface area (Å²) >= 11 is 0. The summed E-state index contributed by atoms with van der Waals surface area (Å²) in [5.41, 5.74) is 0.930. The Balaban J connectivity index is 1.94. The molecular weight excluding hydrogens is 292 g/mol. The Bertz CT molecular complexity index is 552. The molecule has 2 rings (SSSR count). The van der Waals surface area contributed by atoms with Gasteiger partial charge in [0.2, 0.25) is 11.8 Å². The minimum Gasteiger partial charge on any atom is -0.497 e. The Hall–Kier alpha value is -2.04. The van der Waals surface area contributed by atoms with Gasteiger partial charge in [-0.15, -0.1) is 0 Å². The predicted octanol–water partition coefficient (Wildman–Crippen LogP) is 2.15. The summed E-state index contributed by atoms with van der Waals surface area (Å²) in [5, 5.41) is 5.79. The average molecular weight is 318 g/mol. The van der Waals surface area contributed by atoms with Crippen LogP contribution in [0.25, 0.3) is 0 Å². The van der Waals surface area contributed by atoms with Crippen LogP contribution in [0.15, 0.2) is 24.3 Å². The van der Waals surface area contributed by atoms with Crippen molar-refractivity contribution in [3.05, 3.63) is 29.8 Å². The molecule has 1 fully saturated rings. The van der Waals surface area contributed by atoms with Gasteiger partial charge in [0.25, 0.3) is 0 Å². The summed E-state index contributed by atoms with van der Waals surface area (Å²) in [7, 11) is 1.64. The van der Waals surface area contributed by atoms with Crippen LogP contribution in [0.4, 0.5) is 0 Å². The van der Waals surface area contributed by atoms with Gasteiger partial charge in [-0.1, -0.05) is 32.4 Å². The number of benzene rings is 1. The number of hydrogen-bond acceptors (Lipinski definition) is 3. The summed E-state index contributed by atoms with van der Waals surface area (Å²) in [6.45, 7) is 4.69. The van der Waals surface area contributed by atoms with Gasteiger partial charge in [-0.25, -0.2) is 0 Å². The number of nitrogens with one attached hydrogen (secondary N) is 2. The lowest BCUT2D eigenvalue weighted by molar-refractivity contribution is -0.128. The maximum absolute atomic E-state index is 12.3. The van der Waals surface area contributed by atoms with Crippen LogP contribution in [0.1, 0.15) is 45.1 Å². The Morgan fingerprint density at radius 2 is 2.00 bits per heavy atom. The molecule has 5 nitrogen and oxygen atoms in total. The van der Waals surface area contributed by atoms with E-state index in [1.165, 1.54) is 0 Å². The molecule has 1 saturated heterocycles. The fraction of sp³-hybridized carbons (Fsp3) is 0.556. The molecule has 126 valence electrons. The first-order chi connectivity index (χ1) is 10.9. The maximum Gasteiger partial charge on any atom is 0.242 e. The number of ether oxygens (including phenoxy) is 1. The van der Waals surface area contributed by atoms with E-state index in [9.17, 15) is 9.59 Å². The molecule has 23 heavy (non-hydrogen) atoms. The molecule has 0 saturated carbocycles. The van der Waals surface area contributed by atoms with Gasteiger partial charge >= 0.3 is 0 Å². The van der Waals surface area contributed by atoms with Crippen LogP contribution >= 0.6 is 0 Å². The predicted molar refractivity (Wildman–Crippen MR) is 89.4 cm³/mol. The van der Waals surface area contributed by atoms with Crippen molar-refractivity contribution in [2.24, 2.45) is 0 Å². The van der Waals surface area contributed by atoms with Crippen LogP contribution in [-0.4, -0.2) is 31.5 Å². The highest BCUT2D eigenvalue weighted by Gasteiger charge is 2.26. The molecule has 1 aromatic carbocycles. The van der Waals surface area contributed by atoms with E-state index in [0.717, 1.165) is 24.2 Å². The van der Waals surface area contributed by atoms with E-state index in [1.807, 2.05) is 24.3 Å². The molecule has 0 bridgehead atoms. The summed E-state index contributed by atoms with van der Waals surface area (Å²) in [6, 6.07) is 7.46. The van der Waals surface area contributed by atoms with Crippen molar-refractivity contribution in [1.29, 1.82) is 0 Å². The quantitative estimate of drug-likeness (QED) is 0.874. The summed E-state index contributed by atoms with van der Waals surface area (Å²) in [4.78, 5) is 23.9. The summed E-state index contributed by atoms with van der Waals surface area (Å²) < 4.78 is 5.17. The Morgan fingerprint density at radius 1 is 1.30 bits per heavy atom. The molecule has 1 unspecified atom stereocenters. The van der Waals surface area contributed by atoms with Gasteiger partial charge < -0.3 is 15.4 Å². The lowest BCUT2D eigenvalue weighted by Crippen LogP contribution is -2.48. The molecule has 0 aromatic heterocycles. The molecule has 0 radical (unpaired) electrons. The van der Waals surface area contributed by atoms with Crippen LogP contribution in [-0.2, 0) is 15.0 Å².